The Labute approximate surface area is 110 Å². The first kappa shape index (κ1) is 11.6. The maximum Gasteiger partial charge on any atom is 0.407 e. The smallest absolute Gasteiger partial charge is 0.407 e. The summed E-state index contributed by atoms with van der Waals surface area (Å²) in [4.78, 5) is 21.2. The van der Waals surface area contributed by atoms with Crippen molar-refractivity contribution < 1.29 is 9.90 Å². The molecule has 1 aromatic heterocycles. The van der Waals surface area contributed by atoms with E-state index < -0.39 is 6.09 Å². The van der Waals surface area contributed by atoms with Crippen LogP contribution in [0.4, 0.5) is 4.79 Å². The van der Waals surface area contributed by atoms with Gasteiger partial charge in [0.25, 0.3) is 0 Å². The number of hydrogen-bond acceptors (Lipinski definition) is 3. The molecule has 96 valence electrons. The number of benzene rings is 1. The Hall–Kier alpha value is -2.43. The molecule has 0 bridgehead atoms. The first-order chi connectivity index (χ1) is 9.24. The van der Waals surface area contributed by atoms with E-state index in [4.69, 9.17) is 5.11 Å². The molecule has 1 amide bonds. The van der Waals surface area contributed by atoms with Crippen molar-refractivity contribution in [3.8, 4) is 11.4 Å². The Balaban J connectivity index is 1.95. The summed E-state index contributed by atoms with van der Waals surface area (Å²) < 4.78 is 0. The quantitative estimate of drug-likeness (QED) is 0.848. The fourth-order valence-electron chi connectivity index (χ4n) is 2.19. The molecular weight excluding hydrogens is 242 g/mol. The Morgan fingerprint density at radius 3 is 2.79 bits per heavy atom. The lowest BCUT2D eigenvalue weighted by molar-refractivity contribution is 0.139. The van der Waals surface area contributed by atoms with E-state index in [0.29, 0.717) is 25.3 Å². The summed E-state index contributed by atoms with van der Waals surface area (Å²) in [6.45, 7) is 0.851. The van der Waals surface area contributed by atoms with Gasteiger partial charge >= 0.3 is 6.09 Å². The molecule has 1 aliphatic rings. The minimum atomic E-state index is -0.898. The molecule has 0 atom stereocenters. The third-order valence-electron chi connectivity index (χ3n) is 3.25. The van der Waals surface area contributed by atoms with E-state index in [1.807, 2.05) is 36.5 Å². The van der Waals surface area contributed by atoms with Crippen molar-refractivity contribution >= 4 is 6.09 Å². The van der Waals surface area contributed by atoms with Gasteiger partial charge in [-0.15, -0.1) is 0 Å². The van der Waals surface area contributed by atoms with Gasteiger partial charge in [0.2, 0.25) is 0 Å². The lowest BCUT2D eigenvalue weighted by Gasteiger charge is -2.25. The average molecular weight is 255 g/mol. The standard InChI is InChI=1S/C14H13N3O2/c18-14(19)17-7-6-11-8-15-13(16-12(11)9-17)10-4-2-1-3-5-10/h1-5,8H,6-7,9H2,(H,18,19). The van der Waals surface area contributed by atoms with Crippen molar-refractivity contribution in [2.75, 3.05) is 6.54 Å². The van der Waals surface area contributed by atoms with Crippen LogP contribution in [-0.2, 0) is 13.0 Å². The zero-order valence-electron chi connectivity index (χ0n) is 10.3. The van der Waals surface area contributed by atoms with E-state index >= 15 is 0 Å². The van der Waals surface area contributed by atoms with Gasteiger partial charge in [-0.05, 0) is 12.0 Å². The van der Waals surface area contributed by atoms with Crippen LogP contribution in [0.2, 0.25) is 0 Å². The number of nitrogens with zero attached hydrogens (tertiary/aromatic N) is 3. The van der Waals surface area contributed by atoms with Crippen LogP contribution in [0.3, 0.4) is 0 Å². The number of fused-ring (bicyclic) bond motifs is 1. The first-order valence-electron chi connectivity index (χ1n) is 6.12. The van der Waals surface area contributed by atoms with Gasteiger partial charge in [0.05, 0.1) is 12.2 Å². The molecule has 19 heavy (non-hydrogen) atoms. The van der Waals surface area contributed by atoms with E-state index in [1.54, 1.807) is 0 Å². The second kappa shape index (κ2) is 4.68. The molecule has 0 radical (unpaired) electrons. The summed E-state index contributed by atoms with van der Waals surface area (Å²) in [5.74, 6) is 0.645. The fraction of sp³-hybridized carbons (Fsp3) is 0.214. The second-order valence-corrected chi connectivity index (χ2v) is 4.49. The Morgan fingerprint density at radius 1 is 1.26 bits per heavy atom. The molecule has 2 heterocycles. The molecule has 0 spiro atoms. The second-order valence-electron chi connectivity index (χ2n) is 4.49. The molecule has 5 nitrogen and oxygen atoms in total. The molecule has 0 aliphatic carbocycles. The molecule has 1 aromatic carbocycles. The molecule has 3 rings (SSSR count). The topological polar surface area (TPSA) is 66.3 Å². The maximum atomic E-state index is 11.0. The highest BCUT2D eigenvalue weighted by molar-refractivity contribution is 5.65. The molecule has 1 N–H and O–H groups in total. The predicted molar refractivity (Wildman–Crippen MR) is 69.6 cm³/mol. The van der Waals surface area contributed by atoms with E-state index in [1.165, 1.54) is 4.90 Å². The minimum Gasteiger partial charge on any atom is -0.465 e. The molecule has 5 heteroatoms. The van der Waals surface area contributed by atoms with Gasteiger partial charge in [-0.25, -0.2) is 14.8 Å². The summed E-state index contributed by atoms with van der Waals surface area (Å²) >= 11 is 0. The number of carboxylic acid groups (broad SMARTS) is 1. The Kier molecular flexibility index (Phi) is 2.87. The number of amides is 1. The van der Waals surface area contributed by atoms with Crippen molar-refractivity contribution in [1.82, 2.24) is 14.9 Å². The molecule has 0 saturated carbocycles. The van der Waals surface area contributed by atoms with Crippen LogP contribution in [0.15, 0.2) is 36.5 Å². The summed E-state index contributed by atoms with van der Waals surface area (Å²) in [6, 6.07) is 9.69. The molecule has 0 unspecified atom stereocenters. The van der Waals surface area contributed by atoms with Gasteiger partial charge in [-0.2, -0.15) is 0 Å². The van der Waals surface area contributed by atoms with Crippen LogP contribution in [0.25, 0.3) is 11.4 Å². The number of aromatic nitrogens is 2. The molecule has 1 aliphatic heterocycles. The Bertz CT molecular complexity index is 613. The normalized spacial score (nSPS) is 14.0. The summed E-state index contributed by atoms with van der Waals surface area (Å²) in [6.07, 6.45) is 1.59. The number of rotatable bonds is 1. The fourth-order valence-corrected chi connectivity index (χ4v) is 2.19. The monoisotopic (exact) mass is 255 g/mol. The maximum absolute atomic E-state index is 11.0. The molecule has 0 fully saturated rings. The highest BCUT2D eigenvalue weighted by Gasteiger charge is 2.21. The summed E-state index contributed by atoms with van der Waals surface area (Å²) in [7, 11) is 0. The number of carbonyl (C=O) groups is 1. The van der Waals surface area contributed by atoms with Gasteiger partial charge in [-0.1, -0.05) is 30.3 Å². The van der Waals surface area contributed by atoms with E-state index in [2.05, 4.69) is 9.97 Å². The zero-order valence-corrected chi connectivity index (χ0v) is 10.3. The highest BCUT2D eigenvalue weighted by atomic mass is 16.4. The van der Waals surface area contributed by atoms with Crippen LogP contribution in [0.1, 0.15) is 11.3 Å². The van der Waals surface area contributed by atoms with Crippen LogP contribution in [0.5, 0.6) is 0 Å². The third kappa shape index (κ3) is 2.27. The van der Waals surface area contributed by atoms with Gasteiger partial charge in [-0.3, -0.25) is 0 Å². The predicted octanol–water partition coefficient (Wildman–Crippen LogP) is 2.18. The van der Waals surface area contributed by atoms with Crippen LogP contribution in [-0.4, -0.2) is 32.6 Å². The van der Waals surface area contributed by atoms with Gasteiger partial charge in [0.1, 0.15) is 0 Å². The van der Waals surface area contributed by atoms with Gasteiger partial charge in [0, 0.05) is 18.3 Å². The van der Waals surface area contributed by atoms with Crippen molar-refractivity contribution in [3.05, 3.63) is 47.8 Å². The van der Waals surface area contributed by atoms with Crippen molar-refractivity contribution in [2.45, 2.75) is 13.0 Å². The Morgan fingerprint density at radius 2 is 2.05 bits per heavy atom. The van der Waals surface area contributed by atoms with Gasteiger partial charge < -0.3 is 10.0 Å². The number of hydrogen-bond donors (Lipinski definition) is 1. The SMILES string of the molecule is O=C(O)N1CCc2cnc(-c3ccccc3)nc2C1. The van der Waals surface area contributed by atoms with Crippen LogP contribution in [0, 0.1) is 0 Å². The zero-order chi connectivity index (χ0) is 13.2. The lowest BCUT2D eigenvalue weighted by atomic mass is 10.1. The molecular formula is C14H13N3O2. The van der Waals surface area contributed by atoms with Crippen molar-refractivity contribution in [1.29, 1.82) is 0 Å². The van der Waals surface area contributed by atoms with E-state index in [0.717, 1.165) is 16.8 Å². The van der Waals surface area contributed by atoms with Crippen molar-refractivity contribution in [2.24, 2.45) is 0 Å². The highest BCUT2D eigenvalue weighted by Crippen LogP contribution is 2.20. The van der Waals surface area contributed by atoms with E-state index in [9.17, 15) is 4.79 Å². The third-order valence-corrected chi connectivity index (χ3v) is 3.25. The first-order valence-corrected chi connectivity index (χ1v) is 6.12. The molecule has 2 aromatic rings. The average Bonchev–Trinajstić information content (AvgIpc) is 2.47. The summed E-state index contributed by atoms with van der Waals surface area (Å²) in [5, 5.41) is 9.03. The van der Waals surface area contributed by atoms with E-state index in [-0.39, 0.29) is 0 Å². The minimum absolute atomic E-state index is 0.340. The largest absolute Gasteiger partial charge is 0.465 e. The van der Waals surface area contributed by atoms with Crippen LogP contribution >= 0.6 is 0 Å². The molecule has 0 saturated heterocycles. The van der Waals surface area contributed by atoms with Crippen LogP contribution < -0.4 is 0 Å². The van der Waals surface area contributed by atoms with Crippen molar-refractivity contribution in [3.63, 3.8) is 0 Å². The summed E-state index contributed by atoms with van der Waals surface area (Å²) in [5.41, 5.74) is 2.79. The lowest BCUT2D eigenvalue weighted by Crippen LogP contribution is -2.35. The van der Waals surface area contributed by atoms with Gasteiger partial charge in [0.15, 0.2) is 5.82 Å².